The van der Waals surface area contributed by atoms with E-state index < -0.39 is 5.97 Å². The Balaban J connectivity index is 2.95. The van der Waals surface area contributed by atoms with Gasteiger partial charge in [0.2, 0.25) is 5.91 Å². The lowest BCUT2D eigenvalue weighted by Gasteiger charge is -2.28. The van der Waals surface area contributed by atoms with Crippen molar-refractivity contribution in [1.29, 1.82) is 0 Å². The van der Waals surface area contributed by atoms with E-state index in [1.807, 2.05) is 19.9 Å². The second kappa shape index (κ2) is 8.38. The maximum atomic E-state index is 12.1. The molecule has 0 radical (unpaired) electrons. The zero-order valence-electron chi connectivity index (χ0n) is 13.7. The van der Waals surface area contributed by atoms with Crippen LogP contribution in [0.3, 0.4) is 0 Å². The van der Waals surface area contributed by atoms with Gasteiger partial charge in [0.25, 0.3) is 0 Å². The molecule has 1 heterocycles. The number of esters is 1. The predicted molar refractivity (Wildman–Crippen MR) is 83.5 cm³/mol. The summed E-state index contributed by atoms with van der Waals surface area (Å²) in [5.41, 5.74) is 1.28. The van der Waals surface area contributed by atoms with Crippen LogP contribution in [0.1, 0.15) is 30.0 Å². The van der Waals surface area contributed by atoms with Gasteiger partial charge in [-0.05, 0) is 32.1 Å². The Bertz CT molecular complexity index is 536. The monoisotopic (exact) mass is 308 g/mol. The molecular weight excluding hydrogens is 284 g/mol. The molecule has 0 aliphatic rings. The number of aromatic nitrogens is 1. The van der Waals surface area contributed by atoms with Crippen molar-refractivity contribution in [2.24, 2.45) is 7.05 Å². The summed E-state index contributed by atoms with van der Waals surface area (Å²) in [6.07, 6.45) is 1.28. The molecule has 0 unspecified atom stereocenters. The van der Waals surface area contributed by atoms with Gasteiger partial charge in [-0.15, -0.1) is 0 Å². The quantitative estimate of drug-likeness (QED) is 0.542. The minimum absolute atomic E-state index is 0.0954. The average molecular weight is 308 g/mol. The summed E-state index contributed by atoms with van der Waals surface area (Å²) in [6.45, 7) is 8.78. The second-order valence-corrected chi connectivity index (χ2v) is 4.94. The van der Waals surface area contributed by atoms with Crippen molar-refractivity contribution in [2.45, 2.75) is 26.4 Å². The van der Waals surface area contributed by atoms with Crippen LogP contribution in [0.4, 0.5) is 0 Å². The van der Waals surface area contributed by atoms with Crippen molar-refractivity contribution in [2.75, 3.05) is 20.3 Å². The third kappa shape index (κ3) is 4.21. The first-order chi connectivity index (χ1) is 10.5. The van der Waals surface area contributed by atoms with Gasteiger partial charge in [0.15, 0.2) is 0 Å². The van der Waals surface area contributed by atoms with Crippen molar-refractivity contribution in [1.82, 2.24) is 9.47 Å². The van der Waals surface area contributed by atoms with Crippen LogP contribution in [0.25, 0.3) is 0 Å². The Morgan fingerprint density at radius 3 is 2.68 bits per heavy atom. The first-order valence-electron chi connectivity index (χ1n) is 7.19. The smallest absolute Gasteiger partial charge is 0.354 e. The number of hydrogen-bond donors (Lipinski definition) is 0. The number of nitrogens with zero attached hydrogens (tertiary/aromatic N) is 2. The summed E-state index contributed by atoms with van der Waals surface area (Å²) >= 11 is 0. The second-order valence-electron chi connectivity index (χ2n) is 4.94. The molecule has 0 aliphatic carbocycles. The third-order valence-electron chi connectivity index (χ3n) is 3.51. The standard InChI is InChI=1S/C16H24N2O4/c1-6-15(19)18(12(3)11-22-7-2)10-13-8-9-14(17(13)4)16(20)21-5/h6,8-9,12H,1,7,10-11H2,2-5H3/t12-/m1/s1. The highest BCUT2D eigenvalue weighted by molar-refractivity contribution is 5.88. The Labute approximate surface area is 131 Å². The molecule has 0 saturated heterocycles. The molecule has 1 atom stereocenters. The van der Waals surface area contributed by atoms with E-state index in [-0.39, 0.29) is 11.9 Å². The van der Waals surface area contributed by atoms with Gasteiger partial charge in [-0.3, -0.25) is 4.79 Å². The summed E-state index contributed by atoms with van der Waals surface area (Å²) in [7, 11) is 3.11. The first-order valence-corrected chi connectivity index (χ1v) is 7.19. The van der Waals surface area contributed by atoms with Gasteiger partial charge in [0.05, 0.1) is 26.3 Å². The van der Waals surface area contributed by atoms with Crippen LogP contribution in [0.5, 0.6) is 0 Å². The van der Waals surface area contributed by atoms with E-state index in [2.05, 4.69) is 6.58 Å². The molecule has 1 amide bonds. The molecule has 6 nitrogen and oxygen atoms in total. The molecule has 1 rings (SSSR count). The summed E-state index contributed by atoms with van der Waals surface area (Å²) < 4.78 is 11.8. The zero-order valence-corrected chi connectivity index (χ0v) is 13.7. The molecule has 0 aromatic carbocycles. The van der Waals surface area contributed by atoms with E-state index in [1.54, 1.807) is 22.6 Å². The zero-order chi connectivity index (χ0) is 16.7. The Morgan fingerprint density at radius 2 is 2.14 bits per heavy atom. The minimum Gasteiger partial charge on any atom is -0.464 e. The van der Waals surface area contributed by atoms with Crippen LogP contribution in [0.2, 0.25) is 0 Å². The van der Waals surface area contributed by atoms with Crippen LogP contribution >= 0.6 is 0 Å². The van der Waals surface area contributed by atoms with E-state index in [0.717, 1.165) is 5.69 Å². The Morgan fingerprint density at radius 1 is 1.45 bits per heavy atom. The molecule has 0 bridgehead atoms. The topological polar surface area (TPSA) is 60.8 Å². The van der Waals surface area contributed by atoms with Crippen LogP contribution < -0.4 is 0 Å². The van der Waals surface area contributed by atoms with Crippen molar-refractivity contribution in [3.05, 3.63) is 36.2 Å². The minimum atomic E-state index is -0.405. The molecule has 1 aromatic rings. The SMILES string of the molecule is C=CC(=O)N(Cc1ccc(C(=O)OC)n1C)[C@H](C)COCC. The molecule has 122 valence electrons. The Kier molecular flexibility index (Phi) is 6.85. The summed E-state index contributed by atoms with van der Waals surface area (Å²) in [4.78, 5) is 25.4. The van der Waals surface area contributed by atoms with Crippen LogP contribution in [0, 0.1) is 0 Å². The number of methoxy groups -OCH3 is 1. The molecule has 0 saturated carbocycles. The molecule has 0 fully saturated rings. The van der Waals surface area contributed by atoms with Gasteiger partial charge in [0, 0.05) is 19.3 Å². The van der Waals surface area contributed by atoms with Gasteiger partial charge < -0.3 is 18.9 Å². The van der Waals surface area contributed by atoms with Gasteiger partial charge in [-0.2, -0.15) is 0 Å². The summed E-state index contributed by atoms with van der Waals surface area (Å²) in [5.74, 6) is -0.578. The summed E-state index contributed by atoms with van der Waals surface area (Å²) in [6, 6.07) is 3.40. The normalized spacial score (nSPS) is 11.8. The predicted octanol–water partition coefficient (Wildman–Crippen LogP) is 1.75. The molecular formula is C16H24N2O4. The Hall–Kier alpha value is -2.08. The highest BCUT2D eigenvalue weighted by Gasteiger charge is 2.21. The largest absolute Gasteiger partial charge is 0.464 e. The van der Waals surface area contributed by atoms with E-state index in [1.165, 1.54) is 13.2 Å². The first kappa shape index (κ1) is 18.0. The lowest BCUT2D eigenvalue weighted by Crippen LogP contribution is -2.40. The molecule has 22 heavy (non-hydrogen) atoms. The molecule has 6 heteroatoms. The van der Waals surface area contributed by atoms with Gasteiger partial charge in [-0.1, -0.05) is 6.58 Å². The molecule has 0 aliphatic heterocycles. The molecule has 0 spiro atoms. The highest BCUT2D eigenvalue weighted by atomic mass is 16.5. The van der Waals surface area contributed by atoms with Gasteiger partial charge in [0.1, 0.15) is 5.69 Å². The van der Waals surface area contributed by atoms with Gasteiger partial charge in [-0.25, -0.2) is 4.79 Å². The summed E-state index contributed by atoms with van der Waals surface area (Å²) in [5, 5.41) is 0. The fourth-order valence-corrected chi connectivity index (χ4v) is 2.14. The lowest BCUT2D eigenvalue weighted by atomic mass is 10.2. The number of carbonyl (C=O) groups is 2. The van der Waals surface area contributed by atoms with Crippen molar-refractivity contribution in [3.63, 3.8) is 0 Å². The van der Waals surface area contributed by atoms with Crippen LogP contribution in [-0.2, 0) is 27.9 Å². The fourth-order valence-electron chi connectivity index (χ4n) is 2.14. The van der Waals surface area contributed by atoms with E-state index in [0.29, 0.717) is 25.5 Å². The number of carbonyl (C=O) groups excluding carboxylic acids is 2. The van der Waals surface area contributed by atoms with Crippen molar-refractivity contribution >= 4 is 11.9 Å². The number of amides is 1. The van der Waals surface area contributed by atoms with E-state index in [9.17, 15) is 9.59 Å². The average Bonchev–Trinajstić information content (AvgIpc) is 2.89. The van der Waals surface area contributed by atoms with Crippen LogP contribution in [-0.4, -0.2) is 47.7 Å². The third-order valence-corrected chi connectivity index (χ3v) is 3.51. The molecule has 0 N–H and O–H groups in total. The maximum Gasteiger partial charge on any atom is 0.354 e. The van der Waals surface area contributed by atoms with Gasteiger partial charge >= 0.3 is 5.97 Å². The molecule has 1 aromatic heterocycles. The van der Waals surface area contributed by atoms with Crippen molar-refractivity contribution in [3.8, 4) is 0 Å². The van der Waals surface area contributed by atoms with Crippen LogP contribution in [0.15, 0.2) is 24.8 Å². The van der Waals surface area contributed by atoms with E-state index >= 15 is 0 Å². The number of rotatable bonds is 8. The lowest BCUT2D eigenvalue weighted by molar-refractivity contribution is -0.130. The number of hydrogen-bond acceptors (Lipinski definition) is 4. The van der Waals surface area contributed by atoms with Crippen molar-refractivity contribution < 1.29 is 19.1 Å². The fraction of sp³-hybridized carbons (Fsp3) is 0.500. The van der Waals surface area contributed by atoms with E-state index in [4.69, 9.17) is 9.47 Å². The maximum absolute atomic E-state index is 12.1. The number of ether oxygens (including phenoxy) is 2. The highest BCUT2D eigenvalue weighted by Crippen LogP contribution is 2.14.